The first-order valence-electron chi connectivity index (χ1n) is 8.45. The van der Waals surface area contributed by atoms with Crippen molar-refractivity contribution in [3.05, 3.63) is 46.5 Å². The topological polar surface area (TPSA) is 51.2 Å². The number of anilines is 1. The maximum atomic E-state index is 12.2. The van der Waals surface area contributed by atoms with Crippen LogP contribution in [0.15, 0.2) is 30.3 Å². The summed E-state index contributed by atoms with van der Waals surface area (Å²) in [4.78, 5) is 18.0. The minimum absolute atomic E-state index is 0.161. The molecule has 0 atom stereocenters. The van der Waals surface area contributed by atoms with Crippen molar-refractivity contribution in [3.63, 3.8) is 0 Å². The number of nitrogens with zero attached hydrogens (tertiary/aromatic N) is 1. The Bertz CT molecular complexity index is 713. The molecular weight excluding hydrogens is 320 g/mol. The zero-order valence-corrected chi connectivity index (χ0v) is 14.7. The van der Waals surface area contributed by atoms with Crippen LogP contribution in [0.3, 0.4) is 0 Å². The summed E-state index contributed by atoms with van der Waals surface area (Å²) in [6.07, 6.45) is 8.80. The van der Waals surface area contributed by atoms with Gasteiger partial charge in [-0.25, -0.2) is 4.98 Å². The Kier molecular flexibility index (Phi) is 5.64. The molecule has 1 aliphatic carbocycles. The van der Waals surface area contributed by atoms with Crippen molar-refractivity contribution in [3.8, 4) is 5.75 Å². The van der Waals surface area contributed by atoms with Crippen molar-refractivity contribution in [1.29, 1.82) is 0 Å². The van der Waals surface area contributed by atoms with Crippen LogP contribution in [-0.2, 0) is 17.6 Å². The number of nitrogens with one attached hydrogen (secondary N) is 1. The van der Waals surface area contributed by atoms with Crippen molar-refractivity contribution in [2.45, 2.75) is 39.0 Å². The Morgan fingerprint density at radius 2 is 2.17 bits per heavy atom. The van der Waals surface area contributed by atoms with E-state index in [1.54, 1.807) is 17.4 Å². The molecule has 0 fully saturated rings. The number of amides is 1. The molecule has 1 aliphatic rings. The molecule has 4 nitrogen and oxygen atoms in total. The van der Waals surface area contributed by atoms with Gasteiger partial charge in [-0.05, 0) is 44.2 Å². The predicted octanol–water partition coefficient (Wildman–Crippen LogP) is 4.46. The Hall–Kier alpha value is -2.14. The van der Waals surface area contributed by atoms with Gasteiger partial charge >= 0.3 is 0 Å². The first-order chi connectivity index (χ1) is 11.8. The summed E-state index contributed by atoms with van der Waals surface area (Å²) in [6.45, 7) is 2.74. The van der Waals surface area contributed by atoms with Gasteiger partial charge in [0.2, 0.25) is 5.91 Å². The standard InChI is InChI=1S/C19H22N2O2S/c1-2-13-23-16-9-5-3-7-14(16)11-12-18(22)21-19-20-15-8-4-6-10-17(15)24-19/h3,5,7,9,11-12H,2,4,6,8,10,13H2,1H3,(H,20,21,22)/b12-11+. The highest BCUT2D eigenvalue weighted by Crippen LogP contribution is 2.29. The van der Waals surface area contributed by atoms with E-state index in [2.05, 4.69) is 17.2 Å². The van der Waals surface area contributed by atoms with E-state index >= 15 is 0 Å². The third-order valence-corrected chi connectivity index (χ3v) is 4.94. The van der Waals surface area contributed by atoms with E-state index in [0.29, 0.717) is 11.7 Å². The second-order valence-corrected chi connectivity index (χ2v) is 6.89. The van der Waals surface area contributed by atoms with Gasteiger partial charge < -0.3 is 4.74 Å². The molecule has 0 bridgehead atoms. The fourth-order valence-electron chi connectivity index (χ4n) is 2.68. The fourth-order valence-corrected chi connectivity index (χ4v) is 3.73. The number of para-hydroxylation sites is 1. The SMILES string of the molecule is CCCOc1ccccc1/C=C/C(=O)Nc1nc2c(s1)CCCC2. The molecule has 2 aromatic rings. The van der Waals surface area contributed by atoms with Crippen molar-refractivity contribution < 1.29 is 9.53 Å². The van der Waals surface area contributed by atoms with Crippen LogP contribution in [0.1, 0.15) is 42.3 Å². The summed E-state index contributed by atoms with van der Waals surface area (Å²) < 4.78 is 5.70. The van der Waals surface area contributed by atoms with Gasteiger partial charge in [0.05, 0.1) is 12.3 Å². The zero-order chi connectivity index (χ0) is 16.8. The fraction of sp³-hybridized carbons (Fsp3) is 0.368. The van der Waals surface area contributed by atoms with E-state index in [1.807, 2.05) is 24.3 Å². The summed E-state index contributed by atoms with van der Waals surface area (Å²) in [6, 6.07) is 7.73. The number of ether oxygens (including phenoxy) is 1. The molecule has 1 heterocycles. The molecule has 0 saturated heterocycles. The summed E-state index contributed by atoms with van der Waals surface area (Å²) in [5.74, 6) is 0.638. The Morgan fingerprint density at radius 3 is 3.00 bits per heavy atom. The Morgan fingerprint density at radius 1 is 1.33 bits per heavy atom. The van der Waals surface area contributed by atoms with Crippen LogP contribution in [0, 0.1) is 0 Å². The van der Waals surface area contributed by atoms with E-state index in [4.69, 9.17) is 4.74 Å². The molecule has 0 spiro atoms. The molecular formula is C19H22N2O2S. The smallest absolute Gasteiger partial charge is 0.250 e. The molecule has 1 aromatic carbocycles. The molecule has 126 valence electrons. The zero-order valence-electron chi connectivity index (χ0n) is 13.9. The van der Waals surface area contributed by atoms with Gasteiger partial charge in [0.25, 0.3) is 0 Å². The Labute approximate surface area is 146 Å². The van der Waals surface area contributed by atoms with Gasteiger partial charge in [-0.2, -0.15) is 0 Å². The second kappa shape index (κ2) is 8.11. The van der Waals surface area contributed by atoms with Gasteiger partial charge in [-0.15, -0.1) is 11.3 Å². The quantitative estimate of drug-likeness (QED) is 0.788. The number of hydrogen-bond donors (Lipinski definition) is 1. The number of hydrogen-bond acceptors (Lipinski definition) is 4. The summed E-state index contributed by atoms with van der Waals surface area (Å²) in [5, 5.41) is 3.57. The molecule has 1 aromatic heterocycles. The minimum Gasteiger partial charge on any atom is -0.493 e. The normalized spacial score (nSPS) is 13.7. The highest BCUT2D eigenvalue weighted by molar-refractivity contribution is 7.15. The third-order valence-electron chi connectivity index (χ3n) is 3.87. The van der Waals surface area contributed by atoms with Crippen molar-refractivity contribution in [1.82, 2.24) is 4.98 Å². The largest absolute Gasteiger partial charge is 0.493 e. The maximum Gasteiger partial charge on any atom is 0.250 e. The van der Waals surface area contributed by atoms with Gasteiger partial charge in [0, 0.05) is 16.5 Å². The Balaban J connectivity index is 1.64. The van der Waals surface area contributed by atoms with E-state index in [9.17, 15) is 4.79 Å². The average Bonchev–Trinajstić information content (AvgIpc) is 3.01. The molecule has 5 heteroatoms. The van der Waals surface area contributed by atoms with E-state index in [0.717, 1.165) is 36.3 Å². The number of aromatic nitrogens is 1. The lowest BCUT2D eigenvalue weighted by Crippen LogP contribution is -2.07. The van der Waals surface area contributed by atoms with Crippen molar-refractivity contribution in [2.24, 2.45) is 0 Å². The molecule has 0 saturated carbocycles. The lowest BCUT2D eigenvalue weighted by atomic mass is 10.0. The summed E-state index contributed by atoms with van der Waals surface area (Å²) in [5.41, 5.74) is 2.06. The van der Waals surface area contributed by atoms with Gasteiger partial charge in [0.15, 0.2) is 5.13 Å². The first-order valence-corrected chi connectivity index (χ1v) is 9.27. The number of aryl methyl sites for hydroxylation is 2. The molecule has 3 rings (SSSR count). The van der Waals surface area contributed by atoms with Gasteiger partial charge in [-0.1, -0.05) is 25.1 Å². The summed E-state index contributed by atoms with van der Waals surface area (Å²) in [7, 11) is 0. The minimum atomic E-state index is -0.161. The van der Waals surface area contributed by atoms with E-state index in [-0.39, 0.29) is 5.91 Å². The van der Waals surface area contributed by atoms with Crippen LogP contribution in [0.5, 0.6) is 5.75 Å². The number of fused-ring (bicyclic) bond motifs is 1. The van der Waals surface area contributed by atoms with E-state index in [1.165, 1.54) is 23.8 Å². The van der Waals surface area contributed by atoms with Crippen LogP contribution in [0.2, 0.25) is 0 Å². The number of carbonyl (C=O) groups is 1. The number of carbonyl (C=O) groups excluding carboxylic acids is 1. The molecule has 1 amide bonds. The highest BCUT2D eigenvalue weighted by Gasteiger charge is 2.15. The van der Waals surface area contributed by atoms with Crippen LogP contribution in [-0.4, -0.2) is 17.5 Å². The highest BCUT2D eigenvalue weighted by atomic mass is 32.1. The van der Waals surface area contributed by atoms with Gasteiger partial charge in [-0.3, -0.25) is 10.1 Å². The molecule has 1 N–H and O–H groups in total. The van der Waals surface area contributed by atoms with Crippen LogP contribution < -0.4 is 10.1 Å². The maximum absolute atomic E-state index is 12.2. The average molecular weight is 342 g/mol. The number of rotatable bonds is 6. The second-order valence-electron chi connectivity index (χ2n) is 5.80. The molecule has 0 aliphatic heterocycles. The van der Waals surface area contributed by atoms with Crippen LogP contribution in [0.25, 0.3) is 6.08 Å². The molecule has 0 radical (unpaired) electrons. The summed E-state index contributed by atoms with van der Waals surface area (Å²) >= 11 is 1.60. The molecule has 0 unspecified atom stereocenters. The third kappa shape index (κ3) is 4.23. The monoisotopic (exact) mass is 342 g/mol. The van der Waals surface area contributed by atoms with E-state index < -0.39 is 0 Å². The van der Waals surface area contributed by atoms with Crippen LogP contribution in [0.4, 0.5) is 5.13 Å². The van der Waals surface area contributed by atoms with Gasteiger partial charge in [0.1, 0.15) is 5.75 Å². The first kappa shape index (κ1) is 16.7. The lowest BCUT2D eigenvalue weighted by Gasteiger charge is -2.07. The number of thiazole rings is 1. The lowest BCUT2D eigenvalue weighted by molar-refractivity contribution is -0.111. The molecule has 24 heavy (non-hydrogen) atoms. The predicted molar refractivity (Wildman–Crippen MR) is 98.6 cm³/mol. The van der Waals surface area contributed by atoms with Crippen LogP contribution >= 0.6 is 11.3 Å². The van der Waals surface area contributed by atoms with Crippen molar-refractivity contribution in [2.75, 3.05) is 11.9 Å². The van der Waals surface area contributed by atoms with Crippen molar-refractivity contribution >= 4 is 28.5 Å². The number of benzene rings is 1.